The quantitative estimate of drug-likeness (QED) is 0.769. The van der Waals surface area contributed by atoms with Gasteiger partial charge < -0.3 is 9.30 Å². The lowest BCUT2D eigenvalue weighted by Crippen LogP contribution is -2.25. The van der Waals surface area contributed by atoms with Crippen LogP contribution in [0.2, 0.25) is 5.02 Å². The molecule has 0 aliphatic carbocycles. The number of hydrogen-bond donors (Lipinski definition) is 0. The van der Waals surface area contributed by atoms with Gasteiger partial charge in [0.25, 0.3) is 5.56 Å². The molecular formula is C12H11ClN2O3. The van der Waals surface area contributed by atoms with E-state index in [1.54, 1.807) is 25.2 Å². The van der Waals surface area contributed by atoms with E-state index in [0.717, 1.165) is 0 Å². The van der Waals surface area contributed by atoms with Crippen molar-refractivity contribution in [2.75, 3.05) is 7.11 Å². The van der Waals surface area contributed by atoms with Gasteiger partial charge in [0.05, 0.1) is 24.6 Å². The number of fused-ring (bicyclic) bond motifs is 1. The fraction of sp³-hybridized carbons (Fsp3) is 0.250. The Hall–Kier alpha value is -1.88. The Labute approximate surface area is 108 Å². The smallest absolute Gasteiger partial charge is 0.311 e. The van der Waals surface area contributed by atoms with Gasteiger partial charge in [0, 0.05) is 12.1 Å². The lowest BCUT2D eigenvalue weighted by Gasteiger charge is -2.07. The predicted octanol–water partition coefficient (Wildman–Crippen LogP) is 1.30. The van der Waals surface area contributed by atoms with Crippen LogP contribution in [0.4, 0.5) is 0 Å². The molecule has 0 aliphatic rings. The molecule has 0 unspecified atom stereocenters. The molecule has 5 nitrogen and oxygen atoms in total. The highest BCUT2D eigenvalue weighted by Gasteiger charge is 2.12. The molecule has 0 aliphatic heterocycles. The van der Waals surface area contributed by atoms with Crippen molar-refractivity contribution in [3.63, 3.8) is 0 Å². The lowest BCUT2D eigenvalue weighted by molar-refractivity contribution is -0.139. The number of benzene rings is 1. The fourth-order valence-corrected chi connectivity index (χ4v) is 1.86. The maximum atomic E-state index is 12.0. The number of aromatic nitrogens is 2. The van der Waals surface area contributed by atoms with E-state index < -0.39 is 5.97 Å². The highest BCUT2D eigenvalue weighted by atomic mass is 35.5. The largest absolute Gasteiger partial charge is 0.469 e. The summed E-state index contributed by atoms with van der Waals surface area (Å²) in [5.74, 6) is -0.499. The number of halogens is 1. The topological polar surface area (TPSA) is 61.2 Å². The summed E-state index contributed by atoms with van der Waals surface area (Å²) in [6.07, 6.45) is -0.147. The molecule has 0 saturated heterocycles. The third kappa shape index (κ3) is 2.22. The molecule has 2 rings (SSSR count). The summed E-state index contributed by atoms with van der Waals surface area (Å²) >= 11 is 5.88. The standard InChI is InChI=1S/C12H11ClN2O3/c1-15-10-4-3-7(13)5-8(10)14-9(12(15)17)6-11(16)18-2/h3-5H,6H2,1-2H3. The Kier molecular flexibility index (Phi) is 3.34. The first-order valence-electron chi connectivity index (χ1n) is 5.25. The van der Waals surface area contributed by atoms with E-state index in [9.17, 15) is 9.59 Å². The van der Waals surface area contributed by atoms with Gasteiger partial charge in [-0.1, -0.05) is 11.6 Å². The van der Waals surface area contributed by atoms with Crippen molar-refractivity contribution in [3.05, 3.63) is 39.3 Å². The number of aryl methyl sites for hydroxylation is 1. The second-order valence-corrected chi connectivity index (χ2v) is 4.25. The van der Waals surface area contributed by atoms with Gasteiger partial charge in [-0.25, -0.2) is 4.98 Å². The summed E-state index contributed by atoms with van der Waals surface area (Å²) < 4.78 is 5.97. The first-order chi connectivity index (χ1) is 8.52. The van der Waals surface area contributed by atoms with Crippen LogP contribution in [0.15, 0.2) is 23.0 Å². The van der Waals surface area contributed by atoms with E-state index in [1.807, 2.05) is 0 Å². The average molecular weight is 267 g/mol. The minimum Gasteiger partial charge on any atom is -0.469 e. The minimum atomic E-state index is -0.499. The summed E-state index contributed by atoms with van der Waals surface area (Å²) in [4.78, 5) is 27.4. The predicted molar refractivity (Wildman–Crippen MR) is 67.7 cm³/mol. The fourth-order valence-electron chi connectivity index (χ4n) is 1.69. The zero-order valence-corrected chi connectivity index (χ0v) is 10.7. The van der Waals surface area contributed by atoms with Crippen molar-refractivity contribution >= 4 is 28.6 Å². The first-order valence-corrected chi connectivity index (χ1v) is 5.62. The van der Waals surface area contributed by atoms with Gasteiger partial charge in [0.15, 0.2) is 0 Å². The van der Waals surface area contributed by atoms with Crippen LogP contribution in [0.5, 0.6) is 0 Å². The van der Waals surface area contributed by atoms with Gasteiger partial charge in [-0.3, -0.25) is 9.59 Å². The number of hydrogen-bond acceptors (Lipinski definition) is 4. The third-order valence-electron chi connectivity index (χ3n) is 2.65. The molecule has 0 fully saturated rings. The monoisotopic (exact) mass is 266 g/mol. The first kappa shape index (κ1) is 12.6. The number of rotatable bonds is 2. The van der Waals surface area contributed by atoms with Crippen molar-refractivity contribution in [1.82, 2.24) is 9.55 Å². The third-order valence-corrected chi connectivity index (χ3v) is 2.88. The zero-order chi connectivity index (χ0) is 13.3. The van der Waals surface area contributed by atoms with Crippen LogP contribution < -0.4 is 5.56 Å². The molecule has 94 valence electrons. The van der Waals surface area contributed by atoms with Crippen LogP contribution >= 0.6 is 11.6 Å². The molecule has 0 atom stereocenters. The molecule has 0 spiro atoms. The average Bonchev–Trinajstić information content (AvgIpc) is 2.35. The molecule has 0 bridgehead atoms. The van der Waals surface area contributed by atoms with Gasteiger partial charge >= 0.3 is 5.97 Å². The molecule has 2 aromatic rings. The Morgan fingerprint density at radius 3 is 2.89 bits per heavy atom. The van der Waals surface area contributed by atoms with Crippen LogP contribution in [-0.4, -0.2) is 22.6 Å². The Balaban J connectivity index is 2.65. The van der Waals surface area contributed by atoms with E-state index in [0.29, 0.717) is 16.1 Å². The van der Waals surface area contributed by atoms with E-state index >= 15 is 0 Å². The lowest BCUT2D eigenvalue weighted by atomic mass is 10.2. The second kappa shape index (κ2) is 4.78. The summed E-state index contributed by atoms with van der Waals surface area (Å²) in [7, 11) is 2.89. The van der Waals surface area contributed by atoms with Crippen LogP contribution in [-0.2, 0) is 23.0 Å². The van der Waals surface area contributed by atoms with E-state index in [1.165, 1.54) is 11.7 Å². The van der Waals surface area contributed by atoms with E-state index in [2.05, 4.69) is 9.72 Å². The van der Waals surface area contributed by atoms with Crippen LogP contribution in [0.1, 0.15) is 5.69 Å². The number of methoxy groups -OCH3 is 1. The van der Waals surface area contributed by atoms with Crippen LogP contribution in [0.25, 0.3) is 11.0 Å². The van der Waals surface area contributed by atoms with Gasteiger partial charge in [0.1, 0.15) is 5.69 Å². The Morgan fingerprint density at radius 2 is 2.22 bits per heavy atom. The van der Waals surface area contributed by atoms with Crippen molar-refractivity contribution in [1.29, 1.82) is 0 Å². The molecular weight excluding hydrogens is 256 g/mol. The highest BCUT2D eigenvalue weighted by Crippen LogP contribution is 2.16. The van der Waals surface area contributed by atoms with E-state index in [4.69, 9.17) is 11.6 Å². The van der Waals surface area contributed by atoms with Gasteiger partial charge in [-0.05, 0) is 18.2 Å². The maximum absolute atomic E-state index is 12.0. The number of ether oxygens (including phenoxy) is 1. The molecule has 18 heavy (non-hydrogen) atoms. The molecule has 1 heterocycles. The summed E-state index contributed by atoms with van der Waals surface area (Å²) in [5.41, 5.74) is 1.08. The van der Waals surface area contributed by atoms with Crippen LogP contribution in [0.3, 0.4) is 0 Å². The van der Waals surface area contributed by atoms with Crippen molar-refractivity contribution < 1.29 is 9.53 Å². The van der Waals surface area contributed by atoms with Crippen molar-refractivity contribution in [2.45, 2.75) is 6.42 Å². The molecule has 0 saturated carbocycles. The van der Waals surface area contributed by atoms with Gasteiger partial charge in [-0.2, -0.15) is 0 Å². The second-order valence-electron chi connectivity index (χ2n) is 3.81. The molecule has 0 radical (unpaired) electrons. The number of nitrogens with zero attached hydrogens (tertiary/aromatic N) is 2. The molecule has 0 amide bonds. The van der Waals surface area contributed by atoms with Crippen LogP contribution in [0, 0.1) is 0 Å². The SMILES string of the molecule is COC(=O)Cc1nc2cc(Cl)ccc2n(C)c1=O. The summed E-state index contributed by atoms with van der Waals surface area (Å²) in [6, 6.07) is 5.05. The highest BCUT2D eigenvalue weighted by molar-refractivity contribution is 6.31. The Bertz CT molecular complexity index is 679. The number of esters is 1. The van der Waals surface area contributed by atoms with Crippen molar-refractivity contribution in [3.8, 4) is 0 Å². The summed E-state index contributed by atoms with van der Waals surface area (Å²) in [5, 5.41) is 0.526. The van der Waals surface area contributed by atoms with Crippen molar-refractivity contribution in [2.24, 2.45) is 7.05 Å². The Morgan fingerprint density at radius 1 is 1.50 bits per heavy atom. The molecule has 1 aromatic carbocycles. The molecule has 0 N–H and O–H groups in total. The summed E-state index contributed by atoms with van der Waals surface area (Å²) in [6.45, 7) is 0. The number of carbonyl (C=O) groups excluding carboxylic acids is 1. The normalized spacial score (nSPS) is 10.6. The zero-order valence-electron chi connectivity index (χ0n) is 9.94. The minimum absolute atomic E-state index is 0.147. The molecule has 1 aromatic heterocycles. The number of carbonyl (C=O) groups is 1. The van der Waals surface area contributed by atoms with Gasteiger partial charge in [-0.15, -0.1) is 0 Å². The maximum Gasteiger partial charge on any atom is 0.311 e. The van der Waals surface area contributed by atoms with E-state index in [-0.39, 0.29) is 17.7 Å². The van der Waals surface area contributed by atoms with Gasteiger partial charge in [0.2, 0.25) is 0 Å². The molecule has 6 heteroatoms.